The number of nitrogens with zero attached hydrogens (tertiary/aromatic N) is 3. The van der Waals surface area contributed by atoms with E-state index in [0.717, 1.165) is 11.1 Å². The van der Waals surface area contributed by atoms with Crippen molar-refractivity contribution >= 4 is 5.91 Å². The van der Waals surface area contributed by atoms with E-state index in [4.69, 9.17) is 5.26 Å². The first-order chi connectivity index (χ1) is 18.9. The lowest BCUT2D eigenvalue weighted by Crippen LogP contribution is -2.53. The molecule has 214 valence electrons. The van der Waals surface area contributed by atoms with E-state index < -0.39 is 40.9 Å². The molecule has 0 radical (unpaired) electrons. The molecule has 5 atom stereocenters. The van der Waals surface area contributed by atoms with Crippen molar-refractivity contribution < 1.29 is 31.1 Å². The lowest BCUT2D eigenvalue weighted by Gasteiger charge is -2.44. The van der Waals surface area contributed by atoms with Crippen molar-refractivity contribution in [2.24, 2.45) is 0 Å². The van der Waals surface area contributed by atoms with Crippen molar-refractivity contribution in [3.8, 4) is 6.07 Å². The minimum atomic E-state index is -5.08. The van der Waals surface area contributed by atoms with E-state index in [1.807, 2.05) is 6.07 Å². The molecule has 0 N–H and O–H groups in total. The van der Waals surface area contributed by atoms with Crippen molar-refractivity contribution in [1.82, 2.24) is 9.80 Å². The summed E-state index contributed by atoms with van der Waals surface area (Å²) in [5.74, 6) is -0.610. The highest BCUT2D eigenvalue weighted by Gasteiger charge is 2.56. The van der Waals surface area contributed by atoms with Crippen molar-refractivity contribution in [3.05, 3.63) is 70.5 Å². The Morgan fingerprint density at radius 2 is 1.88 bits per heavy atom. The van der Waals surface area contributed by atoms with Crippen LogP contribution in [0.5, 0.6) is 0 Å². The third kappa shape index (κ3) is 4.87. The number of likely N-dealkylation sites (tertiary alicyclic amines) is 2. The van der Waals surface area contributed by atoms with Crippen LogP contribution in [0.1, 0.15) is 54.9 Å². The number of carbonyl (C=O) groups is 1. The maximum Gasteiger partial charge on any atom is 0.426 e. The molecule has 10 heteroatoms. The zero-order valence-corrected chi connectivity index (χ0v) is 22.2. The predicted octanol–water partition coefficient (Wildman–Crippen LogP) is 5.93. The second-order valence-electron chi connectivity index (χ2n) is 11.4. The average molecular weight is 564 g/mol. The number of nitriles is 1. The zero-order chi connectivity index (χ0) is 28.9. The number of amides is 1. The molecule has 2 aromatic carbocycles. The fourth-order valence-electron chi connectivity index (χ4n) is 6.99. The van der Waals surface area contributed by atoms with E-state index in [9.17, 15) is 31.1 Å². The molecule has 5 rings (SSSR count). The Morgan fingerprint density at radius 3 is 2.55 bits per heavy atom. The van der Waals surface area contributed by atoms with E-state index in [0.29, 0.717) is 51.3 Å². The van der Waals surface area contributed by atoms with Crippen molar-refractivity contribution in [1.29, 1.82) is 5.26 Å². The molecule has 3 aliphatic rings. The smallest absolute Gasteiger partial charge is 0.337 e. The Morgan fingerprint density at radius 1 is 1.15 bits per heavy atom. The summed E-state index contributed by atoms with van der Waals surface area (Å²) >= 11 is 0. The molecule has 2 aromatic rings. The van der Waals surface area contributed by atoms with E-state index in [1.54, 1.807) is 28.0 Å². The molecule has 0 bridgehead atoms. The topological polar surface area (TPSA) is 47.3 Å². The van der Waals surface area contributed by atoms with Gasteiger partial charge >= 0.3 is 6.18 Å². The number of aryl methyl sites for hydroxylation is 1. The number of carbonyl (C=O) groups excluding carboxylic acids is 1. The molecule has 1 aliphatic carbocycles. The fraction of sp³-hybridized carbons (Fsp3) is 0.533. The molecule has 4 nitrogen and oxygen atoms in total. The molecule has 2 fully saturated rings. The van der Waals surface area contributed by atoms with E-state index >= 15 is 0 Å². The lowest BCUT2D eigenvalue weighted by atomic mass is 9.63. The van der Waals surface area contributed by atoms with Gasteiger partial charge in [-0.25, -0.2) is 13.2 Å². The third-order valence-corrected chi connectivity index (χ3v) is 9.08. The first kappa shape index (κ1) is 28.5. The molecule has 0 aromatic heterocycles. The van der Waals surface area contributed by atoms with Crippen LogP contribution in [0, 0.1) is 17.1 Å². The van der Waals surface area contributed by atoms with Crippen LogP contribution < -0.4 is 0 Å². The molecule has 2 saturated heterocycles. The van der Waals surface area contributed by atoms with E-state index in [1.165, 1.54) is 24.3 Å². The number of rotatable bonds is 6. The summed E-state index contributed by atoms with van der Waals surface area (Å²) in [7, 11) is 0. The summed E-state index contributed by atoms with van der Waals surface area (Å²) in [4.78, 5) is 17.4. The van der Waals surface area contributed by atoms with Crippen LogP contribution in [0.4, 0.5) is 26.3 Å². The summed E-state index contributed by atoms with van der Waals surface area (Å²) in [5, 5.41) is 9.01. The lowest BCUT2D eigenvalue weighted by molar-refractivity contribution is -0.228. The normalized spacial score (nSPS) is 28.1. The van der Waals surface area contributed by atoms with Crippen LogP contribution in [-0.2, 0) is 28.7 Å². The highest BCUT2D eigenvalue weighted by Crippen LogP contribution is 2.51. The van der Waals surface area contributed by atoms with Crippen LogP contribution in [0.15, 0.2) is 42.5 Å². The monoisotopic (exact) mass is 563 g/mol. The Balaban J connectivity index is 1.53. The van der Waals surface area contributed by atoms with Crippen molar-refractivity contribution in [3.63, 3.8) is 0 Å². The van der Waals surface area contributed by atoms with Crippen molar-refractivity contribution in [2.75, 3.05) is 19.6 Å². The van der Waals surface area contributed by atoms with Gasteiger partial charge in [0.05, 0.1) is 12.1 Å². The summed E-state index contributed by atoms with van der Waals surface area (Å²) in [6.07, 6.45) is -4.31. The SMILES string of the molecule is CC(F)(c1ccc2c(c1)CC[C@H]1N(C(=O)[C@@H]3C[C@H](F)CN3CCC#N)CC[C@@]21Cc1ccc(F)cc1)C(F)(F)F. The summed E-state index contributed by atoms with van der Waals surface area (Å²) in [6.45, 7) is 1.26. The van der Waals surface area contributed by atoms with Gasteiger partial charge in [0, 0.05) is 43.9 Å². The van der Waals surface area contributed by atoms with Crippen LogP contribution in [0.25, 0.3) is 0 Å². The van der Waals surface area contributed by atoms with Gasteiger partial charge in [0.15, 0.2) is 0 Å². The maximum absolute atomic E-state index is 14.9. The number of alkyl halides is 5. The molecule has 40 heavy (non-hydrogen) atoms. The minimum Gasteiger partial charge on any atom is -0.337 e. The third-order valence-electron chi connectivity index (χ3n) is 9.08. The standard InChI is InChI=1S/C30H31F6N3O/c1-28(33,30(34,35)36)21-6-9-24-20(15-21)5-10-26-29(24,17-19-3-7-22(31)8-4-19)11-14-39(26)27(40)25-16-23(32)18-38(25)13-2-12-37/h3-4,6-9,15,23,25-26H,2,5,10-11,13-14,16-18H2,1H3/t23-,25-,26+,28?,29+/m0/s1. The van der Waals surface area contributed by atoms with Gasteiger partial charge in [0.2, 0.25) is 11.6 Å². The molecule has 1 amide bonds. The predicted molar refractivity (Wildman–Crippen MR) is 136 cm³/mol. The average Bonchev–Trinajstić information content (AvgIpc) is 3.48. The van der Waals surface area contributed by atoms with Crippen molar-refractivity contribution in [2.45, 2.75) is 81.0 Å². The Labute approximate surface area is 229 Å². The van der Waals surface area contributed by atoms with Gasteiger partial charge in [-0.15, -0.1) is 0 Å². The Kier molecular flexibility index (Phi) is 7.40. The zero-order valence-electron chi connectivity index (χ0n) is 22.2. The Bertz CT molecular complexity index is 1300. The van der Waals surface area contributed by atoms with E-state index in [2.05, 4.69) is 0 Å². The molecule has 0 saturated carbocycles. The summed E-state index contributed by atoms with van der Waals surface area (Å²) in [5.41, 5.74) is -2.48. The van der Waals surface area contributed by atoms with Gasteiger partial charge < -0.3 is 4.90 Å². The van der Waals surface area contributed by atoms with Crippen LogP contribution in [0.2, 0.25) is 0 Å². The van der Waals surface area contributed by atoms with Gasteiger partial charge in [0.25, 0.3) is 0 Å². The molecular weight excluding hydrogens is 532 g/mol. The molecule has 0 spiro atoms. The molecule has 2 aliphatic heterocycles. The maximum atomic E-state index is 14.9. The quantitative estimate of drug-likeness (QED) is 0.410. The molecular formula is C30H31F6N3O. The molecule has 2 heterocycles. The summed E-state index contributed by atoms with van der Waals surface area (Å²) < 4.78 is 83.4. The first-order valence-electron chi connectivity index (χ1n) is 13.6. The van der Waals surface area contributed by atoms with Gasteiger partial charge in [-0.3, -0.25) is 9.69 Å². The number of benzene rings is 2. The van der Waals surface area contributed by atoms with Gasteiger partial charge in [0.1, 0.15) is 12.0 Å². The van der Waals surface area contributed by atoms with Crippen LogP contribution >= 0.6 is 0 Å². The van der Waals surface area contributed by atoms with Gasteiger partial charge in [-0.1, -0.05) is 30.3 Å². The second-order valence-corrected chi connectivity index (χ2v) is 11.4. The van der Waals surface area contributed by atoms with Crippen LogP contribution in [-0.4, -0.2) is 59.8 Å². The first-order valence-corrected chi connectivity index (χ1v) is 13.6. The van der Waals surface area contributed by atoms with Crippen LogP contribution in [0.3, 0.4) is 0 Å². The number of halogens is 6. The van der Waals surface area contributed by atoms with Gasteiger partial charge in [-0.2, -0.15) is 18.4 Å². The Hall–Kier alpha value is -3.06. The highest BCUT2D eigenvalue weighted by molar-refractivity contribution is 5.83. The number of fused-ring (bicyclic) bond motifs is 3. The van der Waals surface area contributed by atoms with Gasteiger partial charge in [-0.05, 0) is 67.0 Å². The number of hydrogen-bond donors (Lipinski definition) is 0. The number of hydrogen-bond acceptors (Lipinski definition) is 3. The largest absolute Gasteiger partial charge is 0.426 e. The minimum absolute atomic E-state index is 0.0465. The summed E-state index contributed by atoms with van der Waals surface area (Å²) in [6, 6.07) is 11.1. The highest BCUT2D eigenvalue weighted by atomic mass is 19.4. The molecule has 1 unspecified atom stereocenters. The second kappa shape index (κ2) is 10.4. The fourth-order valence-corrected chi connectivity index (χ4v) is 6.99. The van der Waals surface area contributed by atoms with E-state index in [-0.39, 0.29) is 31.3 Å².